The summed E-state index contributed by atoms with van der Waals surface area (Å²) in [4.78, 5) is 24.8. The van der Waals surface area contributed by atoms with Crippen LogP contribution in [0.2, 0.25) is 0 Å². The number of imidazole rings is 2. The molecule has 36 heavy (non-hydrogen) atoms. The number of aromatic nitrogens is 5. The third-order valence-electron chi connectivity index (χ3n) is 6.04. The molecular formula is C22H21F3N6O4S. The Bertz CT molecular complexity index is 1640. The third-order valence-corrected chi connectivity index (χ3v) is 7.78. The van der Waals surface area contributed by atoms with Gasteiger partial charge in [0.15, 0.2) is 26.3 Å². The zero-order valence-electron chi connectivity index (χ0n) is 19.4. The smallest absolute Gasteiger partial charge is 0.417 e. The lowest BCUT2D eigenvalue weighted by molar-refractivity contribution is -0.137. The number of pyridine rings is 2. The second-order valence-corrected chi connectivity index (χ2v) is 11.0. The molecule has 1 aliphatic rings. The van der Waals surface area contributed by atoms with Gasteiger partial charge in [-0.15, -0.1) is 0 Å². The van der Waals surface area contributed by atoms with Crippen molar-refractivity contribution in [2.75, 3.05) is 11.1 Å². The van der Waals surface area contributed by atoms with E-state index in [0.717, 1.165) is 18.9 Å². The summed E-state index contributed by atoms with van der Waals surface area (Å²) in [6.07, 6.45) is -1.57. The maximum absolute atomic E-state index is 13.2. The van der Waals surface area contributed by atoms with E-state index in [1.165, 1.54) is 41.3 Å². The first-order chi connectivity index (χ1) is 16.8. The van der Waals surface area contributed by atoms with E-state index >= 15 is 0 Å². The van der Waals surface area contributed by atoms with Crippen LogP contribution >= 0.6 is 0 Å². The highest BCUT2D eigenvalue weighted by Gasteiger charge is 2.41. The minimum atomic E-state index is -4.61. The number of sulfone groups is 1. The maximum atomic E-state index is 13.2. The van der Waals surface area contributed by atoms with Gasteiger partial charge in [-0.1, -0.05) is 6.92 Å². The average Bonchev–Trinajstić information content (AvgIpc) is 3.25. The van der Waals surface area contributed by atoms with Crippen LogP contribution in [0, 0.1) is 0 Å². The largest absolute Gasteiger partial charge is 0.443 e. The molecule has 0 spiro atoms. The highest BCUT2D eigenvalue weighted by molar-refractivity contribution is 7.91. The van der Waals surface area contributed by atoms with Gasteiger partial charge in [-0.2, -0.15) is 13.2 Å². The van der Waals surface area contributed by atoms with E-state index < -0.39 is 33.3 Å². The lowest BCUT2D eigenvalue weighted by Gasteiger charge is -2.12. The number of amides is 1. The van der Waals surface area contributed by atoms with Gasteiger partial charge in [-0.25, -0.2) is 28.2 Å². The van der Waals surface area contributed by atoms with Crippen molar-refractivity contribution < 1.29 is 31.1 Å². The molecule has 1 N–H and O–H groups in total. The van der Waals surface area contributed by atoms with Gasteiger partial charge in [0.2, 0.25) is 0 Å². The van der Waals surface area contributed by atoms with Crippen molar-refractivity contribution in [1.82, 2.24) is 23.9 Å². The summed E-state index contributed by atoms with van der Waals surface area (Å²) in [6.45, 7) is 3.29. The number of anilines is 1. The number of fused-ring (bicyclic) bond motifs is 2. The minimum Gasteiger partial charge on any atom is -0.443 e. The molecular weight excluding hydrogens is 501 g/mol. The predicted octanol–water partition coefficient (Wildman–Crippen LogP) is 4.20. The summed E-state index contributed by atoms with van der Waals surface area (Å²) in [6, 6.07) is 3.82. The van der Waals surface area contributed by atoms with Crippen molar-refractivity contribution in [2.24, 2.45) is 7.05 Å². The highest BCUT2D eigenvalue weighted by atomic mass is 32.2. The van der Waals surface area contributed by atoms with E-state index in [2.05, 4.69) is 20.3 Å². The standard InChI is InChI=1S/C22H21F3N6O4S/c1-4-36(33,34)19-16(18-28-14-9-12(22(23,24)25)11-26-17(14)30(18)3)29-15-10-13(5-8-31(15)19)27-20(32)35-21(2)6-7-21/h5,8-11H,4,6-7H2,1-3H3,(H,27,32). The second kappa shape index (κ2) is 7.91. The van der Waals surface area contributed by atoms with Crippen LogP contribution in [0.15, 0.2) is 35.6 Å². The van der Waals surface area contributed by atoms with Gasteiger partial charge in [-0.05, 0) is 31.9 Å². The lowest BCUT2D eigenvalue weighted by atomic mass is 10.2. The SMILES string of the molecule is CCS(=O)(=O)c1c(-c2nc3cc(C(F)(F)F)cnc3n2C)nc2cc(NC(=O)OC3(C)CC3)ccn12. The number of hydrogen-bond acceptors (Lipinski definition) is 7. The lowest BCUT2D eigenvalue weighted by Crippen LogP contribution is -2.21. The molecule has 1 saturated carbocycles. The molecule has 0 atom stereocenters. The van der Waals surface area contributed by atoms with Crippen molar-refractivity contribution in [3.63, 3.8) is 0 Å². The molecule has 4 aromatic heterocycles. The minimum absolute atomic E-state index is 0.0307. The van der Waals surface area contributed by atoms with Crippen LogP contribution in [0.4, 0.5) is 23.7 Å². The fourth-order valence-electron chi connectivity index (χ4n) is 3.77. The van der Waals surface area contributed by atoms with E-state index in [1.54, 1.807) is 0 Å². The number of ether oxygens (including phenoxy) is 1. The topological polar surface area (TPSA) is 120 Å². The molecule has 0 saturated heterocycles. The van der Waals surface area contributed by atoms with Crippen LogP contribution in [0.1, 0.15) is 32.3 Å². The molecule has 4 aromatic rings. The third kappa shape index (κ3) is 4.14. The van der Waals surface area contributed by atoms with Gasteiger partial charge in [0.25, 0.3) is 0 Å². The highest BCUT2D eigenvalue weighted by Crippen LogP contribution is 2.39. The van der Waals surface area contributed by atoms with Gasteiger partial charge in [0.1, 0.15) is 22.5 Å². The molecule has 1 aliphatic carbocycles. The van der Waals surface area contributed by atoms with Crippen LogP contribution in [-0.4, -0.2) is 49.8 Å². The number of halogens is 3. The van der Waals surface area contributed by atoms with Crippen LogP contribution in [0.5, 0.6) is 0 Å². The van der Waals surface area contributed by atoms with Crippen molar-refractivity contribution in [1.29, 1.82) is 0 Å². The average molecular weight is 523 g/mol. The number of carbonyl (C=O) groups is 1. The molecule has 5 rings (SSSR count). The van der Waals surface area contributed by atoms with Gasteiger partial charge in [0, 0.05) is 31.2 Å². The van der Waals surface area contributed by atoms with Gasteiger partial charge in [0.05, 0.1) is 11.3 Å². The van der Waals surface area contributed by atoms with Gasteiger partial charge < -0.3 is 9.30 Å². The second-order valence-electron chi connectivity index (χ2n) is 8.84. The first-order valence-electron chi connectivity index (χ1n) is 11.0. The van der Waals surface area contributed by atoms with Crippen LogP contribution in [0.3, 0.4) is 0 Å². The Kier molecular flexibility index (Phi) is 5.28. The number of carbonyl (C=O) groups excluding carboxylic acids is 1. The quantitative estimate of drug-likeness (QED) is 0.417. The Morgan fingerprint density at radius 3 is 2.61 bits per heavy atom. The van der Waals surface area contributed by atoms with E-state index in [0.29, 0.717) is 11.9 Å². The van der Waals surface area contributed by atoms with Crippen LogP contribution in [0.25, 0.3) is 28.3 Å². The molecule has 190 valence electrons. The van der Waals surface area contributed by atoms with E-state index in [1.807, 2.05) is 6.92 Å². The summed E-state index contributed by atoms with van der Waals surface area (Å²) in [5, 5.41) is 2.43. The maximum Gasteiger partial charge on any atom is 0.417 e. The zero-order valence-corrected chi connectivity index (χ0v) is 20.2. The number of nitrogens with zero attached hydrogens (tertiary/aromatic N) is 5. The van der Waals surface area contributed by atoms with Crippen molar-refractivity contribution >= 4 is 38.4 Å². The van der Waals surface area contributed by atoms with Crippen LogP contribution < -0.4 is 5.32 Å². The van der Waals surface area contributed by atoms with Gasteiger partial charge >= 0.3 is 12.3 Å². The fourth-order valence-corrected chi connectivity index (χ4v) is 4.93. The molecule has 0 unspecified atom stereocenters. The summed E-state index contributed by atoms with van der Waals surface area (Å²) in [5.74, 6) is -0.220. The molecule has 0 bridgehead atoms. The van der Waals surface area contributed by atoms with E-state index in [4.69, 9.17) is 4.74 Å². The molecule has 1 amide bonds. The summed E-state index contributed by atoms with van der Waals surface area (Å²) >= 11 is 0. The van der Waals surface area contributed by atoms with Crippen LogP contribution in [-0.2, 0) is 27.8 Å². The van der Waals surface area contributed by atoms with Crippen molar-refractivity contribution in [2.45, 2.75) is 43.5 Å². The molecule has 0 aromatic carbocycles. The summed E-state index contributed by atoms with van der Waals surface area (Å²) in [5.41, 5.74) is -0.905. The Hall–Kier alpha value is -3.68. The summed E-state index contributed by atoms with van der Waals surface area (Å²) in [7, 11) is -2.35. The first kappa shape index (κ1) is 24.0. The normalized spacial score (nSPS) is 15.4. The molecule has 1 fully saturated rings. The Labute approximate surface area is 203 Å². The Morgan fingerprint density at radius 1 is 1.25 bits per heavy atom. The first-order valence-corrected chi connectivity index (χ1v) is 12.6. The van der Waals surface area contributed by atoms with Crippen molar-refractivity contribution in [3.05, 3.63) is 36.2 Å². The molecule has 0 aliphatic heterocycles. The fraction of sp³-hybridized carbons (Fsp3) is 0.364. The van der Waals surface area contributed by atoms with E-state index in [-0.39, 0.29) is 39.1 Å². The molecule has 14 heteroatoms. The number of hydrogen-bond donors (Lipinski definition) is 1. The van der Waals surface area contributed by atoms with Gasteiger partial charge in [-0.3, -0.25) is 9.72 Å². The van der Waals surface area contributed by atoms with E-state index in [9.17, 15) is 26.4 Å². The zero-order chi connectivity index (χ0) is 26.0. The number of rotatable bonds is 5. The number of nitrogens with one attached hydrogen (secondary N) is 1. The monoisotopic (exact) mass is 522 g/mol. The molecule has 10 nitrogen and oxygen atoms in total. The molecule has 0 radical (unpaired) electrons. The Morgan fingerprint density at radius 2 is 1.97 bits per heavy atom. The summed E-state index contributed by atoms with van der Waals surface area (Å²) < 4.78 is 73.7. The number of aryl methyl sites for hydroxylation is 1. The Balaban J connectivity index is 1.64. The number of alkyl halides is 3. The predicted molar refractivity (Wildman–Crippen MR) is 123 cm³/mol. The molecule has 4 heterocycles. The van der Waals surface area contributed by atoms with Crippen molar-refractivity contribution in [3.8, 4) is 11.5 Å².